The molecule has 0 spiro atoms. The summed E-state index contributed by atoms with van der Waals surface area (Å²) >= 11 is 0. The first-order valence-electron chi connectivity index (χ1n) is 4.27. The molecule has 2 N–H and O–H groups in total. The average molecular weight is 170 g/mol. The van der Waals surface area contributed by atoms with Crippen LogP contribution in [0.4, 0.5) is 0 Å². The molecule has 0 saturated heterocycles. The van der Waals surface area contributed by atoms with Gasteiger partial charge in [0.2, 0.25) is 5.91 Å². The van der Waals surface area contributed by atoms with Gasteiger partial charge in [0.1, 0.15) is 0 Å². The summed E-state index contributed by atoms with van der Waals surface area (Å²) in [4.78, 5) is 12.9. The Hall–Kier alpha value is -0.830. The molecule has 0 unspecified atom stereocenters. The zero-order chi connectivity index (χ0) is 9.40. The minimum Gasteiger partial charge on any atom is -0.346 e. The van der Waals surface area contributed by atoms with Crippen molar-refractivity contribution in [3.05, 3.63) is 12.7 Å². The summed E-state index contributed by atoms with van der Waals surface area (Å²) in [7, 11) is 1.81. The first-order chi connectivity index (χ1) is 5.72. The van der Waals surface area contributed by atoms with Gasteiger partial charge in [-0.25, -0.2) is 0 Å². The van der Waals surface area contributed by atoms with Crippen molar-refractivity contribution in [3.8, 4) is 0 Å². The number of allylic oxidation sites excluding steroid dienone is 1. The van der Waals surface area contributed by atoms with E-state index in [1.54, 1.807) is 11.9 Å². The van der Waals surface area contributed by atoms with E-state index in [9.17, 15) is 4.79 Å². The number of rotatable bonds is 6. The number of hydrogen-bond donors (Lipinski definition) is 1. The van der Waals surface area contributed by atoms with Gasteiger partial charge in [0.15, 0.2) is 0 Å². The van der Waals surface area contributed by atoms with Gasteiger partial charge in [-0.1, -0.05) is 6.08 Å². The Kier molecular flexibility index (Phi) is 6.38. The lowest BCUT2D eigenvalue weighted by Crippen LogP contribution is -2.29. The zero-order valence-corrected chi connectivity index (χ0v) is 7.75. The Labute approximate surface area is 74.2 Å². The van der Waals surface area contributed by atoms with E-state index in [-0.39, 0.29) is 5.91 Å². The summed E-state index contributed by atoms with van der Waals surface area (Å²) in [5.41, 5.74) is 5.26. The summed E-state index contributed by atoms with van der Waals surface area (Å²) in [5.74, 6) is 0.126. The van der Waals surface area contributed by atoms with Crippen molar-refractivity contribution in [2.45, 2.75) is 19.3 Å². The van der Waals surface area contributed by atoms with Gasteiger partial charge in [-0.2, -0.15) is 0 Å². The van der Waals surface area contributed by atoms with Crippen molar-refractivity contribution in [1.82, 2.24) is 4.90 Å². The second-order valence-corrected chi connectivity index (χ2v) is 2.78. The number of nitrogens with zero attached hydrogens (tertiary/aromatic N) is 1. The Balaban J connectivity index is 3.49. The molecule has 0 radical (unpaired) electrons. The summed E-state index contributed by atoms with van der Waals surface area (Å²) in [5, 5.41) is 0. The van der Waals surface area contributed by atoms with Gasteiger partial charge < -0.3 is 10.6 Å². The lowest BCUT2D eigenvalue weighted by atomic mass is 10.3. The topological polar surface area (TPSA) is 46.3 Å². The molecular weight excluding hydrogens is 152 g/mol. The highest BCUT2D eigenvalue weighted by atomic mass is 16.2. The van der Waals surface area contributed by atoms with Crippen LogP contribution in [0.15, 0.2) is 12.7 Å². The van der Waals surface area contributed by atoms with Gasteiger partial charge in [0, 0.05) is 26.6 Å². The average Bonchev–Trinajstić information content (AvgIpc) is 2.05. The minimum absolute atomic E-state index is 0.126. The second-order valence-electron chi connectivity index (χ2n) is 2.78. The molecular formula is C9H18N2O. The van der Waals surface area contributed by atoms with Crippen molar-refractivity contribution in [3.63, 3.8) is 0 Å². The van der Waals surface area contributed by atoms with Crippen LogP contribution in [0.5, 0.6) is 0 Å². The molecule has 12 heavy (non-hydrogen) atoms. The van der Waals surface area contributed by atoms with Crippen molar-refractivity contribution in [1.29, 1.82) is 0 Å². The van der Waals surface area contributed by atoms with Crippen LogP contribution in [0.25, 0.3) is 0 Å². The summed E-state index contributed by atoms with van der Waals surface area (Å²) in [6, 6.07) is 0. The third-order valence-electron chi connectivity index (χ3n) is 1.69. The Morgan fingerprint density at radius 3 is 2.83 bits per heavy atom. The van der Waals surface area contributed by atoms with E-state index < -0.39 is 0 Å². The van der Waals surface area contributed by atoms with E-state index in [2.05, 4.69) is 6.58 Å². The van der Waals surface area contributed by atoms with Gasteiger partial charge >= 0.3 is 0 Å². The van der Waals surface area contributed by atoms with Crippen molar-refractivity contribution in [2.24, 2.45) is 5.73 Å². The van der Waals surface area contributed by atoms with E-state index in [1.165, 1.54) is 0 Å². The fourth-order valence-corrected chi connectivity index (χ4v) is 0.912. The fourth-order valence-electron chi connectivity index (χ4n) is 0.912. The van der Waals surface area contributed by atoms with Crippen LogP contribution in [0.2, 0.25) is 0 Å². The highest BCUT2D eigenvalue weighted by Gasteiger charge is 2.05. The Bertz CT molecular complexity index is 145. The largest absolute Gasteiger partial charge is 0.346 e. The van der Waals surface area contributed by atoms with Crippen LogP contribution in [-0.4, -0.2) is 30.9 Å². The van der Waals surface area contributed by atoms with Crippen LogP contribution >= 0.6 is 0 Å². The summed E-state index contributed by atoms with van der Waals surface area (Å²) in [6.45, 7) is 4.85. The molecule has 0 aromatic heterocycles. The lowest BCUT2D eigenvalue weighted by molar-refractivity contribution is -0.129. The predicted octanol–water partition coefficient (Wildman–Crippen LogP) is 0.760. The Morgan fingerprint density at radius 2 is 2.33 bits per heavy atom. The normalized spacial score (nSPS) is 9.50. The molecule has 0 heterocycles. The highest BCUT2D eigenvalue weighted by molar-refractivity contribution is 5.75. The number of nitrogens with two attached hydrogens (primary N) is 1. The molecule has 70 valence electrons. The van der Waals surface area contributed by atoms with Crippen molar-refractivity contribution < 1.29 is 4.79 Å². The molecule has 0 bridgehead atoms. The molecule has 0 atom stereocenters. The quantitative estimate of drug-likeness (QED) is 0.472. The second kappa shape index (κ2) is 6.85. The van der Waals surface area contributed by atoms with Gasteiger partial charge in [0.25, 0.3) is 0 Å². The van der Waals surface area contributed by atoms with Gasteiger partial charge in [-0.3, -0.25) is 4.79 Å². The van der Waals surface area contributed by atoms with Crippen LogP contribution in [-0.2, 0) is 4.79 Å². The molecule has 0 aliphatic carbocycles. The minimum atomic E-state index is 0.126. The maximum absolute atomic E-state index is 11.2. The van der Waals surface area contributed by atoms with E-state index in [0.29, 0.717) is 13.0 Å². The van der Waals surface area contributed by atoms with E-state index in [4.69, 9.17) is 5.73 Å². The van der Waals surface area contributed by atoms with Crippen LogP contribution in [0, 0.1) is 0 Å². The molecule has 1 amide bonds. The standard InChI is InChI=1S/C9H18N2O/c1-3-4-5-8-11(2)9(12)6-7-10/h3H,1,4-8,10H2,2H3. The maximum atomic E-state index is 11.2. The molecule has 0 aromatic rings. The molecule has 3 nitrogen and oxygen atoms in total. The van der Waals surface area contributed by atoms with Crippen LogP contribution in [0.1, 0.15) is 19.3 Å². The molecule has 0 aliphatic rings. The molecule has 0 fully saturated rings. The van der Waals surface area contributed by atoms with Gasteiger partial charge in [-0.05, 0) is 12.8 Å². The van der Waals surface area contributed by atoms with Gasteiger partial charge in [0.05, 0.1) is 0 Å². The molecule has 0 saturated carbocycles. The van der Waals surface area contributed by atoms with Crippen molar-refractivity contribution >= 4 is 5.91 Å². The monoisotopic (exact) mass is 170 g/mol. The highest BCUT2D eigenvalue weighted by Crippen LogP contribution is 1.95. The number of unbranched alkanes of at least 4 members (excludes halogenated alkanes) is 1. The van der Waals surface area contributed by atoms with E-state index >= 15 is 0 Å². The third kappa shape index (κ3) is 4.91. The number of amides is 1. The number of carbonyl (C=O) groups excluding carboxylic acids is 1. The number of carbonyl (C=O) groups is 1. The first-order valence-corrected chi connectivity index (χ1v) is 4.27. The lowest BCUT2D eigenvalue weighted by Gasteiger charge is -2.15. The SMILES string of the molecule is C=CCCCN(C)C(=O)CCN. The summed E-state index contributed by atoms with van der Waals surface area (Å²) in [6.07, 6.45) is 4.25. The number of hydrogen-bond acceptors (Lipinski definition) is 2. The van der Waals surface area contributed by atoms with E-state index in [0.717, 1.165) is 19.4 Å². The first kappa shape index (κ1) is 11.2. The van der Waals surface area contributed by atoms with E-state index in [1.807, 2.05) is 6.08 Å². The third-order valence-corrected chi connectivity index (χ3v) is 1.69. The predicted molar refractivity (Wildman–Crippen MR) is 50.7 cm³/mol. The molecule has 3 heteroatoms. The maximum Gasteiger partial charge on any atom is 0.223 e. The Morgan fingerprint density at radius 1 is 1.67 bits per heavy atom. The fraction of sp³-hybridized carbons (Fsp3) is 0.667. The summed E-state index contributed by atoms with van der Waals surface area (Å²) < 4.78 is 0. The zero-order valence-electron chi connectivity index (χ0n) is 7.75. The van der Waals surface area contributed by atoms with Gasteiger partial charge in [-0.15, -0.1) is 6.58 Å². The molecule has 0 rings (SSSR count). The van der Waals surface area contributed by atoms with Crippen LogP contribution in [0.3, 0.4) is 0 Å². The van der Waals surface area contributed by atoms with Crippen molar-refractivity contribution in [2.75, 3.05) is 20.1 Å². The smallest absolute Gasteiger partial charge is 0.223 e. The van der Waals surface area contributed by atoms with Crippen LogP contribution < -0.4 is 5.73 Å². The molecule has 0 aromatic carbocycles. The molecule has 0 aliphatic heterocycles.